The van der Waals surface area contributed by atoms with Crippen molar-refractivity contribution in [1.82, 2.24) is 4.57 Å². The van der Waals surface area contributed by atoms with Crippen LogP contribution >= 0.6 is 11.8 Å². The van der Waals surface area contributed by atoms with E-state index in [2.05, 4.69) is 16.7 Å². The number of ether oxygens (including phenoxy) is 1. The van der Waals surface area contributed by atoms with E-state index in [1.54, 1.807) is 11.8 Å². The fourth-order valence-electron chi connectivity index (χ4n) is 2.31. The van der Waals surface area contributed by atoms with Gasteiger partial charge in [0.05, 0.1) is 5.56 Å². The SMILES string of the molecule is CSCCOC(=O)c1cc(C)n(Cc2ccccc2)c1C. The van der Waals surface area contributed by atoms with Crippen LogP contribution in [0.4, 0.5) is 0 Å². The molecule has 2 aromatic rings. The summed E-state index contributed by atoms with van der Waals surface area (Å²) in [4.78, 5) is 12.1. The Kier molecular flexibility index (Phi) is 5.51. The second-order valence-corrected chi connectivity index (χ2v) is 5.97. The molecule has 0 atom stereocenters. The van der Waals surface area contributed by atoms with Gasteiger partial charge in [-0.05, 0) is 31.7 Å². The van der Waals surface area contributed by atoms with Gasteiger partial charge in [0, 0.05) is 23.7 Å². The number of thioether (sulfide) groups is 1. The van der Waals surface area contributed by atoms with E-state index in [-0.39, 0.29) is 5.97 Å². The molecule has 3 nitrogen and oxygen atoms in total. The smallest absolute Gasteiger partial charge is 0.339 e. The van der Waals surface area contributed by atoms with Gasteiger partial charge >= 0.3 is 5.97 Å². The van der Waals surface area contributed by atoms with Gasteiger partial charge in [0.15, 0.2) is 0 Å². The minimum absolute atomic E-state index is 0.225. The van der Waals surface area contributed by atoms with Gasteiger partial charge in [-0.15, -0.1) is 0 Å². The third kappa shape index (κ3) is 3.91. The molecule has 0 fully saturated rings. The standard InChI is InChI=1S/C17H21NO2S/c1-13-11-16(17(19)20-9-10-21-3)14(2)18(13)12-15-7-5-4-6-8-15/h4-8,11H,9-10,12H2,1-3H3. The van der Waals surface area contributed by atoms with Crippen molar-refractivity contribution in [2.75, 3.05) is 18.6 Å². The van der Waals surface area contributed by atoms with Crippen LogP contribution in [0, 0.1) is 13.8 Å². The number of carbonyl (C=O) groups is 1. The summed E-state index contributed by atoms with van der Waals surface area (Å²) in [5, 5.41) is 0. The van der Waals surface area contributed by atoms with Gasteiger partial charge in [0.2, 0.25) is 0 Å². The highest BCUT2D eigenvalue weighted by Gasteiger charge is 2.16. The fourth-order valence-corrected chi connectivity index (χ4v) is 2.56. The Labute approximate surface area is 130 Å². The normalized spacial score (nSPS) is 10.6. The van der Waals surface area contributed by atoms with Crippen LogP contribution in [0.25, 0.3) is 0 Å². The third-order valence-corrected chi connectivity index (χ3v) is 4.07. The number of hydrogen-bond acceptors (Lipinski definition) is 3. The first-order valence-electron chi connectivity index (χ1n) is 7.00. The number of nitrogens with zero attached hydrogens (tertiary/aromatic N) is 1. The molecule has 0 spiro atoms. The van der Waals surface area contributed by atoms with Gasteiger partial charge in [-0.1, -0.05) is 30.3 Å². The first-order chi connectivity index (χ1) is 10.1. The lowest BCUT2D eigenvalue weighted by molar-refractivity contribution is 0.0529. The van der Waals surface area contributed by atoms with Crippen LogP contribution < -0.4 is 0 Å². The number of rotatable bonds is 6. The quantitative estimate of drug-likeness (QED) is 0.602. The summed E-state index contributed by atoms with van der Waals surface area (Å²) in [6.45, 7) is 5.23. The molecule has 1 aromatic carbocycles. The van der Waals surface area contributed by atoms with Crippen LogP contribution in [0.3, 0.4) is 0 Å². The number of carbonyl (C=O) groups excluding carboxylic acids is 1. The predicted octanol–water partition coefficient (Wildman–Crippen LogP) is 3.67. The maximum Gasteiger partial charge on any atom is 0.339 e. The number of benzene rings is 1. The number of aromatic nitrogens is 1. The first kappa shape index (κ1) is 15.7. The van der Waals surface area contributed by atoms with E-state index in [1.807, 2.05) is 44.4 Å². The lowest BCUT2D eigenvalue weighted by atomic mass is 10.2. The molecule has 0 amide bonds. The van der Waals surface area contributed by atoms with Crippen LogP contribution in [-0.4, -0.2) is 29.2 Å². The summed E-state index contributed by atoms with van der Waals surface area (Å²) in [5.41, 5.74) is 3.94. The first-order valence-corrected chi connectivity index (χ1v) is 8.39. The van der Waals surface area contributed by atoms with Crippen LogP contribution in [-0.2, 0) is 11.3 Å². The molecule has 1 aromatic heterocycles. The van der Waals surface area contributed by atoms with E-state index in [0.717, 1.165) is 23.7 Å². The van der Waals surface area contributed by atoms with Gasteiger partial charge < -0.3 is 9.30 Å². The van der Waals surface area contributed by atoms with Crippen LogP contribution in [0.1, 0.15) is 27.3 Å². The third-order valence-electron chi connectivity index (χ3n) is 3.50. The summed E-state index contributed by atoms with van der Waals surface area (Å²) in [7, 11) is 0. The summed E-state index contributed by atoms with van der Waals surface area (Å²) in [6.07, 6.45) is 2.00. The molecule has 0 unspecified atom stereocenters. The van der Waals surface area contributed by atoms with E-state index in [1.165, 1.54) is 5.56 Å². The zero-order valence-corrected chi connectivity index (χ0v) is 13.6. The summed E-state index contributed by atoms with van der Waals surface area (Å²) in [6, 6.07) is 12.2. The van der Waals surface area contributed by atoms with Gasteiger partial charge in [-0.2, -0.15) is 11.8 Å². The molecular formula is C17H21NO2S. The Morgan fingerprint density at radius 2 is 1.95 bits per heavy atom. The highest BCUT2D eigenvalue weighted by molar-refractivity contribution is 7.98. The summed E-state index contributed by atoms with van der Waals surface area (Å²) < 4.78 is 7.45. The summed E-state index contributed by atoms with van der Waals surface area (Å²) in [5.74, 6) is 0.602. The molecule has 0 aliphatic carbocycles. The molecule has 112 valence electrons. The molecule has 0 aliphatic rings. The maximum atomic E-state index is 12.1. The van der Waals surface area contributed by atoms with Crippen molar-refractivity contribution >= 4 is 17.7 Å². The zero-order valence-electron chi connectivity index (χ0n) is 12.8. The van der Waals surface area contributed by atoms with Gasteiger partial charge in [0.25, 0.3) is 0 Å². The summed E-state index contributed by atoms with van der Waals surface area (Å²) >= 11 is 1.67. The number of hydrogen-bond donors (Lipinski definition) is 0. The van der Waals surface area contributed by atoms with Crippen molar-refractivity contribution in [3.8, 4) is 0 Å². The predicted molar refractivity (Wildman–Crippen MR) is 88.1 cm³/mol. The van der Waals surface area contributed by atoms with Crippen molar-refractivity contribution in [3.63, 3.8) is 0 Å². The molecule has 0 saturated carbocycles. The van der Waals surface area contributed by atoms with E-state index < -0.39 is 0 Å². The minimum Gasteiger partial charge on any atom is -0.461 e. The Morgan fingerprint density at radius 3 is 2.62 bits per heavy atom. The molecule has 0 bridgehead atoms. The van der Waals surface area contributed by atoms with Crippen molar-refractivity contribution in [3.05, 3.63) is 58.9 Å². The second-order valence-electron chi connectivity index (χ2n) is 4.99. The van der Waals surface area contributed by atoms with Crippen molar-refractivity contribution < 1.29 is 9.53 Å². The molecule has 4 heteroatoms. The fraction of sp³-hybridized carbons (Fsp3) is 0.353. The molecule has 2 rings (SSSR count). The van der Waals surface area contributed by atoms with Crippen molar-refractivity contribution in [2.24, 2.45) is 0 Å². The largest absolute Gasteiger partial charge is 0.461 e. The lowest BCUT2D eigenvalue weighted by Gasteiger charge is -2.10. The van der Waals surface area contributed by atoms with Gasteiger partial charge in [-0.25, -0.2) is 4.79 Å². The zero-order chi connectivity index (χ0) is 15.2. The van der Waals surface area contributed by atoms with E-state index in [9.17, 15) is 4.79 Å². The van der Waals surface area contributed by atoms with Crippen LogP contribution in [0.15, 0.2) is 36.4 Å². The molecule has 0 saturated heterocycles. The van der Waals surface area contributed by atoms with E-state index in [0.29, 0.717) is 12.2 Å². The highest BCUT2D eigenvalue weighted by Crippen LogP contribution is 2.18. The molecule has 0 N–H and O–H groups in total. The van der Waals surface area contributed by atoms with Crippen LogP contribution in [0.2, 0.25) is 0 Å². The molecule has 0 radical (unpaired) electrons. The topological polar surface area (TPSA) is 31.2 Å². The molecule has 21 heavy (non-hydrogen) atoms. The Bertz CT molecular complexity index is 605. The molecular weight excluding hydrogens is 282 g/mol. The molecule has 0 aliphatic heterocycles. The van der Waals surface area contributed by atoms with Gasteiger partial charge in [-0.3, -0.25) is 0 Å². The number of aryl methyl sites for hydroxylation is 1. The van der Waals surface area contributed by atoms with Gasteiger partial charge in [0.1, 0.15) is 6.61 Å². The number of esters is 1. The van der Waals surface area contributed by atoms with Crippen molar-refractivity contribution in [1.29, 1.82) is 0 Å². The van der Waals surface area contributed by atoms with Crippen molar-refractivity contribution in [2.45, 2.75) is 20.4 Å². The second kappa shape index (κ2) is 7.36. The minimum atomic E-state index is -0.225. The highest BCUT2D eigenvalue weighted by atomic mass is 32.2. The van der Waals surface area contributed by atoms with E-state index >= 15 is 0 Å². The Morgan fingerprint density at radius 1 is 1.24 bits per heavy atom. The average molecular weight is 303 g/mol. The average Bonchev–Trinajstić information content (AvgIpc) is 2.77. The maximum absolute atomic E-state index is 12.1. The molecule has 1 heterocycles. The van der Waals surface area contributed by atoms with E-state index in [4.69, 9.17) is 4.74 Å². The Balaban J connectivity index is 2.15. The lowest BCUT2D eigenvalue weighted by Crippen LogP contribution is -2.10. The van der Waals surface area contributed by atoms with Crippen LogP contribution in [0.5, 0.6) is 0 Å². The Hall–Kier alpha value is -1.68. The monoisotopic (exact) mass is 303 g/mol.